The molecular formula is C19H23NO. The summed E-state index contributed by atoms with van der Waals surface area (Å²) in [6, 6.07) is 18.0. The molecule has 2 nitrogen and oxygen atoms in total. The minimum atomic E-state index is 0.456. The number of benzene rings is 2. The summed E-state index contributed by atoms with van der Waals surface area (Å²) >= 11 is 0. The van der Waals surface area contributed by atoms with Gasteiger partial charge in [0.25, 0.3) is 0 Å². The molecule has 0 aromatic heterocycles. The first-order valence-electron chi connectivity index (χ1n) is 7.57. The molecule has 2 heteroatoms. The molecule has 0 spiro atoms. The molecule has 1 aliphatic rings. The Balaban J connectivity index is 2.03. The van der Waals surface area contributed by atoms with Crippen LogP contribution < -0.4 is 4.74 Å². The van der Waals surface area contributed by atoms with E-state index in [1.165, 1.54) is 16.7 Å². The van der Waals surface area contributed by atoms with Crippen LogP contribution in [0.25, 0.3) is 0 Å². The fraction of sp³-hybridized carbons (Fsp3) is 0.368. The van der Waals surface area contributed by atoms with Crippen LogP contribution in [-0.2, 0) is 6.42 Å². The van der Waals surface area contributed by atoms with Crippen molar-refractivity contribution in [1.29, 1.82) is 0 Å². The highest BCUT2D eigenvalue weighted by Gasteiger charge is 2.28. The zero-order valence-electron chi connectivity index (χ0n) is 13.0. The molecule has 3 rings (SSSR count). The van der Waals surface area contributed by atoms with Crippen LogP contribution in [-0.4, -0.2) is 32.1 Å². The third kappa shape index (κ3) is 2.81. The Bertz CT molecular complexity index is 620. The second kappa shape index (κ2) is 5.90. The highest BCUT2D eigenvalue weighted by atomic mass is 16.5. The summed E-state index contributed by atoms with van der Waals surface area (Å²) in [5, 5.41) is 0. The summed E-state index contributed by atoms with van der Waals surface area (Å²) in [5.41, 5.74) is 4.31. The summed E-state index contributed by atoms with van der Waals surface area (Å²) in [7, 11) is 6.10. The maximum Gasteiger partial charge on any atom is 0.119 e. The maximum absolute atomic E-state index is 5.40. The molecule has 0 amide bonds. The van der Waals surface area contributed by atoms with E-state index in [0.29, 0.717) is 12.0 Å². The predicted molar refractivity (Wildman–Crippen MR) is 87.1 cm³/mol. The number of fused-ring (bicyclic) bond motifs is 1. The number of rotatable bonds is 3. The SMILES string of the molecule is COc1cccc(C2CC(N(C)C)Cc3ccccc32)c1. The molecule has 2 unspecified atom stereocenters. The first-order chi connectivity index (χ1) is 10.2. The monoisotopic (exact) mass is 281 g/mol. The van der Waals surface area contributed by atoms with Crippen molar-refractivity contribution >= 4 is 0 Å². The zero-order valence-corrected chi connectivity index (χ0v) is 13.0. The summed E-state index contributed by atoms with van der Waals surface area (Å²) in [6.45, 7) is 0. The Morgan fingerprint density at radius 2 is 1.86 bits per heavy atom. The Morgan fingerprint density at radius 3 is 2.62 bits per heavy atom. The summed E-state index contributed by atoms with van der Waals surface area (Å²) < 4.78 is 5.40. The summed E-state index contributed by atoms with van der Waals surface area (Å²) in [6.07, 6.45) is 2.31. The van der Waals surface area contributed by atoms with Gasteiger partial charge < -0.3 is 9.64 Å². The smallest absolute Gasteiger partial charge is 0.119 e. The van der Waals surface area contributed by atoms with E-state index in [-0.39, 0.29) is 0 Å². The van der Waals surface area contributed by atoms with Crippen LogP contribution in [0.1, 0.15) is 29.0 Å². The van der Waals surface area contributed by atoms with Gasteiger partial charge in [0.05, 0.1) is 7.11 Å². The Labute approximate surface area is 127 Å². The van der Waals surface area contributed by atoms with Gasteiger partial charge in [-0.1, -0.05) is 36.4 Å². The molecule has 2 aromatic rings. The highest BCUT2D eigenvalue weighted by molar-refractivity contribution is 5.43. The summed E-state index contributed by atoms with van der Waals surface area (Å²) in [4.78, 5) is 2.35. The molecule has 1 aliphatic carbocycles. The van der Waals surface area contributed by atoms with E-state index < -0.39 is 0 Å². The molecule has 0 N–H and O–H groups in total. The molecule has 110 valence electrons. The van der Waals surface area contributed by atoms with Crippen LogP contribution in [0, 0.1) is 0 Å². The Hall–Kier alpha value is -1.80. The normalized spacial score (nSPS) is 21.1. The van der Waals surface area contributed by atoms with Crippen molar-refractivity contribution in [1.82, 2.24) is 4.90 Å². The van der Waals surface area contributed by atoms with Crippen molar-refractivity contribution in [2.24, 2.45) is 0 Å². The lowest BCUT2D eigenvalue weighted by molar-refractivity contribution is 0.258. The molecule has 0 aliphatic heterocycles. The average Bonchev–Trinajstić information content (AvgIpc) is 2.53. The van der Waals surface area contributed by atoms with Gasteiger partial charge in [-0.2, -0.15) is 0 Å². The van der Waals surface area contributed by atoms with E-state index >= 15 is 0 Å². The topological polar surface area (TPSA) is 12.5 Å². The standard InChI is InChI=1S/C19H23NO/c1-20(2)16-11-14-7-4-5-10-18(14)19(13-16)15-8-6-9-17(12-15)21-3/h4-10,12,16,19H,11,13H2,1-3H3. The van der Waals surface area contributed by atoms with Gasteiger partial charge >= 0.3 is 0 Å². The quantitative estimate of drug-likeness (QED) is 0.850. The van der Waals surface area contributed by atoms with Crippen molar-refractivity contribution in [3.05, 3.63) is 65.2 Å². The molecule has 0 bridgehead atoms. The van der Waals surface area contributed by atoms with Crippen molar-refractivity contribution in [2.75, 3.05) is 21.2 Å². The molecule has 21 heavy (non-hydrogen) atoms. The number of likely N-dealkylation sites (N-methyl/N-ethyl adjacent to an activating group) is 1. The van der Waals surface area contributed by atoms with Crippen LogP contribution in [0.5, 0.6) is 5.75 Å². The molecular weight excluding hydrogens is 258 g/mol. The molecule has 0 saturated heterocycles. The highest BCUT2D eigenvalue weighted by Crippen LogP contribution is 2.38. The second-order valence-corrected chi connectivity index (χ2v) is 6.09. The van der Waals surface area contributed by atoms with Crippen LogP contribution >= 0.6 is 0 Å². The number of methoxy groups -OCH3 is 1. The minimum absolute atomic E-state index is 0.456. The second-order valence-electron chi connectivity index (χ2n) is 6.09. The number of ether oxygens (including phenoxy) is 1. The van der Waals surface area contributed by atoms with Crippen LogP contribution in [0.2, 0.25) is 0 Å². The van der Waals surface area contributed by atoms with Gasteiger partial charge in [0.1, 0.15) is 5.75 Å². The van der Waals surface area contributed by atoms with Crippen molar-refractivity contribution < 1.29 is 4.74 Å². The predicted octanol–water partition coefficient (Wildman–Crippen LogP) is 3.70. The van der Waals surface area contributed by atoms with Crippen molar-refractivity contribution in [2.45, 2.75) is 24.8 Å². The molecule has 2 aromatic carbocycles. The fourth-order valence-corrected chi connectivity index (χ4v) is 3.36. The molecule has 2 atom stereocenters. The van der Waals surface area contributed by atoms with Crippen LogP contribution in [0.15, 0.2) is 48.5 Å². The lowest BCUT2D eigenvalue weighted by Crippen LogP contribution is -2.35. The third-order valence-corrected chi connectivity index (χ3v) is 4.62. The maximum atomic E-state index is 5.40. The molecule has 0 saturated carbocycles. The van der Waals surface area contributed by atoms with Gasteiger partial charge in [-0.3, -0.25) is 0 Å². The van der Waals surface area contributed by atoms with Gasteiger partial charge in [-0.25, -0.2) is 0 Å². The van der Waals surface area contributed by atoms with E-state index in [1.54, 1.807) is 7.11 Å². The lowest BCUT2D eigenvalue weighted by Gasteiger charge is -2.35. The third-order valence-electron chi connectivity index (χ3n) is 4.62. The molecule has 0 fully saturated rings. The number of hydrogen-bond acceptors (Lipinski definition) is 2. The Morgan fingerprint density at radius 1 is 1.05 bits per heavy atom. The van der Waals surface area contributed by atoms with Gasteiger partial charge in [-0.05, 0) is 55.8 Å². The van der Waals surface area contributed by atoms with Gasteiger partial charge in [-0.15, -0.1) is 0 Å². The van der Waals surface area contributed by atoms with Crippen molar-refractivity contribution in [3.63, 3.8) is 0 Å². The summed E-state index contributed by atoms with van der Waals surface area (Å²) in [5.74, 6) is 1.40. The van der Waals surface area contributed by atoms with Crippen molar-refractivity contribution in [3.8, 4) is 5.75 Å². The van der Waals surface area contributed by atoms with E-state index in [4.69, 9.17) is 4.74 Å². The minimum Gasteiger partial charge on any atom is -0.497 e. The number of nitrogens with zero attached hydrogens (tertiary/aromatic N) is 1. The lowest BCUT2D eigenvalue weighted by atomic mass is 9.76. The zero-order chi connectivity index (χ0) is 14.8. The average molecular weight is 281 g/mol. The van der Waals surface area contributed by atoms with E-state index in [1.807, 2.05) is 6.07 Å². The van der Waals surface area contributed by atoms with Crippen LogP contribution in [0.3, 0.4) is 0 Å². The molecule has 0 radical (unpaired) electrons. The van der Waals surface area contributed by atoms with Gasteiger partial charge in [0, 0.05) is 12.0 Å². The van der Waals surface area contributed by atoms with E-state index in [0.717, 1.165) is 18.6 Å². The van der Waals surface area contributed by atoms with E-state index in [2.05, 4.69) is 61.5 Å². The van der Waals surface area contributed by atoms with Gasteiger partial charge in [0.15, 0.2) is 0 Å². The largest absolute Gasteiger partial charge is 0.497 e. The van der Waals surface area contributed by atoms with E-state index in [9.17, 15) is 0 Å². The van der Waals surface area contributed by atoms with Crippen LogP contribution in [0.4, 0.5) is 0 Å². The van der Waals surface area contributed by atoms with Gasteiger partial charge in [0.2, 0.25) is 0 Å². The first kappa shape index (κ1) is 14.2. The Kier molecular flexibility index (Phi) is 3.98. The first-order valence-corrected chi connectivity index (χ1v) is 7.57. The fourth-order valence-electron chi connectivity index (χ4n) is 3.36. The number of hydrogen-bond donors (Lipinski definition) is 0. The molecule has 0 heterocycles.